The minimum Gasteiger partial charge on any atom is -0.480 e. The van der Waals surface area contributed by atoms with Crippen LogP contribution in [0.3, 0.4) is 0 Å². The summed E-state index contributed by atoms with van der Waals surface area (Å²) in [5.41, 5.74) is 2.37. The molecule has 2 aliphatic rings. The lowest BCUT2D eigenvalue weighted by atomic mass is 9.99. The largest absolute Gasteiger partial charge is 0.480 e. The molecule has 1 aromatic carbocycles. The summed E-state index contributed by atoms with van der Waals surface area (Å²) in [5.74, 6) is -0.649. The van der Waals surface area contributed by atoms with Gasteiger partial charge in [-0.15, -0.1) is 0 Å². The highest BCUT2D eigenvalue weighted by molar-refractivity contribution is 6.07. The van der Waals surface area contributed by atoms with Gasteiger partial charge in [-0.2, -0.15) is 0 Å². The van der Waals surface area contributed by atoms with Gasteiger partial charge in [-0.25, -0.2) is 4.79 Å². The van der Waals surface area contributed by atoms with E-state index < -0.39 is 12.0 Å². The van der Waals surface area contributed by atoms with Crippen molar-refractivity contribution in [2.75, 3.05) is 6.54 Å². The van der Waals surface area contributed by atoms with Crippen LogP contribution in [0.15, 0.2) is 30.3 Å². The molecule has 1 aromatic heterocycles. The third-order valence-electron chi connectivity index (χ3n) is 5.01. The summed E-state index contributed by atoms with van der Waals surface area (Å²) in [6.07, 6.45) is 4.46. The number of aliphatic carboxylic acids is 1. The number of carbonyl (C=O) groups excluding carboxylic acids is 1. The van der Waals surface area contributed by atoms with Crippen LogP contribution in [0.5, 0.6) is 0 Å². The quantitative estimate of drug-likeness (QED) is 0.941. The maximum absolute atomic E-state index is 13.2. The van der Waals surface area contributed by atoms with Crippen LogP contribution in [-0.2, 0) is 4.79 Å². The summed E-state index contributed by atoms with van der Waals surface area (Å²) >= 11 is 0. The first-order chi connectivity index (χ1) is 11.6. The second-order valence-electron chi connectivity index (χ2n) is 6.73. The van der Waals surface area contributed by atoms with E-state index in [1.165, 1.54) is 4.90 Å². The SMILES string of the molecule is O=C(O)[C@H]1CCCCN1C(=O)c1cc(C2CC2)nc2ccccc12. The van der Waals surface area contributed by atoms with Crippen LogP contribution in [0.2, 0.25) is 0 Å². The monoisotopic (exact) mass is 324 g/mol. The van der Waals surface area contributed by atoms with Gasteiger partial charge in [0.15, 0.2) is 0 Å². The molecule has 5 nitrogen and oxygen atoms in total. The summed E-state index contributed by atoms with van der Waals surface area (Å²) in [5, 5.41) is 10.3. The van der Waals surface area contributed by atoms with Crippen molar-refractivity contribution in [3.63, 3.8) is 0 Å². The Kier molecular flexibility index (Phi) is 3.71. The van der Waals surface area contributed by atoms with Gasteiger partial charge in [-0.3, -0.25) is 9.78 Å². The summed E-state index contributed by atoms with van der Waals surface area (Å²) in [6, 6.07) is 8.79. The van der Waals surface area contributed by atoms with Crippen molar-refractivity contribution in [1.29, 1.82) is 0 Å². The number of carboxylic acids is 1. The Morgan fingerprint density at radius 3 is 2.67 bits per heavy atom. The fourth-order valence-corrected chi connectivity index (χ4v) is 3.55. The minimum absolute atomic E-state index is 0.178. The number of benzene rings is 1. The van der Waals surface area contributed by atoms with Crippen LogP contribution in [0.1, 0.15) is 54.1 Å². The molecule has 1 amide bonds. The van der Waals surface area contributed by atoms with E-state index in [2.05, 4.69) is 0 Å². The van der Waals surface area contributed by atoms with Crippen molar-refractivity contribution in [1.82, 2.24) is 9.88 Å². The number of aromatic nitrogens is 1. The van der Waals surface area contributed by atoms with Crippen LogP contribution in [0.25, 0.3) is 10.9 Å². The lowest BCUT2D eigenvalue weighted by Crippen LogP contribution is -2.48. The number of rotatable bonds is 3. The van der Waals surface area contributed by atoms with E-state index in [0.29, 0.717) is 24.4 Å². The molecule has 0 bridgehead atoms. The average molecular weight is 324 g/mol. The Morgan fingerprint density at radius 1 is 1.12 bits per heavy atom. The maximum Gasteiger partial charge on any atom is 0.326 e. The molecule has 124 valence electrons. The molecule has 1 aliphatic carbocycles. The molecule has 2 aromatic rings. The first kappa shape index (κ1) is 15.1. The lowest BCUT2D eigenvalue weighted by molar-refractivity contribution is -0.143. The topological polar surface area (TPSA) is 70.5 Å². The zero-order chi connectivity index (χ0) is 16.7. The van der Waals surface area contributed by atoms with E-state index in [1.54, 1.807) is 0 Å². The molecule has 2 heterocycles. The summed E-state index contributed by atoms with van der Waals surface area (Å²) < 4.78 is 0. The Bertz CT molecular complexity index is 813. The van der Waals surface area contributed by atoms with Gasteiger partial charge in [0, 0.05) is 23.5 Å². The van der Waals surface area contributed by atoms with Gasteiger partial charge in [0.1, 0.15) is 6.04 Å². The van der Waals surface area contributed by atoms with Crippen LogP contribution in [0.4, 0.5) is 0 Å². The van der Waals surface area contributed by atoms with E-state index in [0.717, 1.165) is 42.3 Å². The predicted molar refractivity (Wildman–Crippen MR) is 90.0 cm³/mol. The molecular weight excluding hydrogens is 304 g/mol. The predicted octanol–water partition coefficient (Wildman–Crippen LogP) is 3.19. The van der Waals surface area contributed by atoms with E-state index in [9.17, 15) is 14.7 Å². The molecule has 1 atom stereocenters. The Hall–Kier alpha value is -2.43. The molecule has 0 unspecified atom stereocenters. The van der Waals surface area contributed by atoms with Gasteiger partial charge < -0.3 is 10.0 Å². The number of hydrogen-bond donors (Lipinski definition) is 1. The maximum atomic E-state index is 13.2. The first-order valence-corrected chi connectivity index (χ1v) is 8.58. The summed E-state index contributed by atoms with van der Waals surface area (Å²) in [7, 11) is 0. The smallest absolute Gasteiger partial charge is 0.326 e. The van der Waals surface area contributed by atoms with Crippen LogP contribution >= 0.6 is 0 Å². The number of carbonyl (C=O) groups is 2. The summed E-state index contributed by atoms with van der Waals surface area (Å²) in [4.78, 5) is 30.9. The molecule has 2 fully saturated rings. The first-order valence-electron chi connectivity index (χ1n) is 8.58. The summed E-state index contributed by atoms with van der Waals surface area (Å²) in [6.45, 7) is 0.505. The van der Waals surface area contributed by atoms with Gasteiger partial charge in [-0.1, -0.05) is 18.2 Å². The van der Waals surface area contributed by atoms with Crippen molar-refractivity contribution in [3.8, 4) is 0 Å². The van der Waals surface area contributed by atoms with Crippen molar-refractivity contribution in [3.05, 3.63) is 41.6 Å². The zero-order valence-corrected chi connectivity index (χ0v) is 13.4. The highest BCUT2D eigenvalue weighted by Crippen LogP contribution is 2.40. The highest BCUT2D eigenvalue weighted by Gasteiger charge is 2.34. The molecule has 24 heavy (non-hydrogen) atoms. The number of piperidine rings is 1. The number of nitrogens with zero attached hydrogens (tertiary/aromatic N) is 2. The fraction of sp³-hybridized carbons (Fsp3) is 0.421. The third-order valence-corrected chi connectivity index (χ3v) is 5.01. The molecule has 5 heteroatoms. The van der Waals surface area contributed by atoms with Crippen LogP contribution in [0, 0.1) is 0 Å². The van der Waals surface area contributed by atoms with E-state index in [-0.39, 0.29) is 5.91 Å². The van der Waals surface area contributed by atoms with E-state index in [4.69, 9.17) is 4.98 Å². The van der Waals surface area contributed by atoms with E-state index >= 15 is 0 Å². The van der Waals surface area contributed by atoms with Crippen LogP contribution in [-0.4, -0.2) is 39.5 Å². The Balaban J connectivity index is 1.79. The van der Waals surface area contributed by atoms with Gasteiger partial charge in [0.05, 0.1) is 11.1 Å². The number of likely N-dealkylation sites (tertiary alicyclic amines) is 1. The Morgan fingerprint density at radius 2 is 1.92 bits per heavy atom. The molecule has 4 rings (SSSR count). The molecule has 0 spiro atoms. The van der Waals surface area contributed by atoms with Gasteiger partial charge in [0.2, 0.25) is 0 Å². The standard InChI is InChI=1S/C19H20N2O3/c22-18(21-10-4-3-7-17(21)19(23)24)14-11-16(12-8-9-12)20-15-6-2-1-5-13(14)15/h1-2,5-6,11-12,17H,3-4,7-10H2,(H,23,24)/t17-/m1/s1. The molecule has 1 saturated carbocycles. The van der Waals surface area contributed by atoms with Gasteiger partial charge in [-0.05, 0) is 44.2 Å². The zero-order valence-electron chi connectivity index (χ0n) is 13.4. The minimum atomic E-state index is -0.913. The van der Waals surface area contributed by atoms with Crippen molar-refractivity contribution in [2.45, 2.75) is 44.1 Å². The molecular formula is C19H20N2O3. The van der Waals surface area contributed by atoms with Gasteiger partial charge in [0.25, 0.3) is 5.91 Å². The number of para-hydroxylation sites is 1. The molecule has 0 radical (unpaired) electrons. The highest BCUT2D eigenvalue weighted by atomic mass is 16.4. The second kappa shape index (κ2) is 5.89. The van der Waals surface area contributed by atoms with Crippen molar-refractivity contribution in [2.24, 2.45) is 0 Å². The van der Waals surface area contributed by atoms with Crippen molar-refractivity contribution >= 4 is 22.8 Å². The molecule has 1 N–H and O–H groups in total. The number of carboxylic acid groups (broad SMARTS) is 1. The molecule has 1 aliphatic heterocycles. The number of hydrogen-bond acceptors (Lipinski definition) is 3. The van der Waals surface area contributed by atoms with Crippen molar-refractivity contribution < 1.29 is 14.7 Å². The number of pyridine rings is 1. The fourth-order valence-electron chi connectivity index (χ4n) is 3.55. The normalized spacial score (nSPS) is 21.0. The van der Waals surface area contributed by atoms with E-state index in [1.807, 2.05) is 30.3 Å². The number of amides is 1. The average Bonchev–Trinajstić information content (AvgIpc) is 3.45. The molecule has 1 saturated heterocycles. The lowest BCUT2D eigenvalue weighted by Gasteiger charge is -2.33. The second-order valence-corrected chi connectivity index (χ2v) is 6.73. The number of fused-ring (bicyclic) bond motifs is 1. The Labute approximate surface area is 140 Å². The van der Waals surface area contributed by atoms with Crippen LogP contribution < -0.4 is 0 Å². The van der Waals surface area contributed by atoms with Gasteiger partial charge >= 0.3 is 5.97 Å². The third kappa shape index (κ3) is 2.64.